The minimum absolute atomic E-state index is 0.00175. The van der Waals surface area contributed by atoms with Crippen LogP contribution in [0.25, 0.3) is 10.9 Å². The second kappa shape index (κ2) is 11.5. The molecule has 0 unspecified atom stereocenters. The summed E-state index contributed by atoms with van der Waals surface area (Å²) in [5.74, 6) is 1.06. The Morgan fingerprint density at radius 2 is 1.84 bits per heavy atom. The van der Waals surface area contributed by atoms with Gasteiger partial charge in [-0.05, 0) is 49.9 Å². The van der Waals surface area contributed by atoms with Crippen LogP contribution < -0.4 is 19.5 Å². The molecule has 0 bridgehead atoms. The molecular weight excluding hydrogens is 537 g/mol. The minimum Gasteiger partial charge on any atom is -0.493 e. The van der Waals surface area contributed by atoms with E-state index in [1.54, 1.807) is 19.2 Å². The van der Waals surface area contributed by atoms with E-state index in [-0.39, 0.29) is 17.2 Å². The summed E-state index contributed by atoms with van der Waals surface area (Å²) in [5.41, 5.74) is 1.22. The molecule has 0 spiro atoms. The molecule has 1 saturated carbocycles. The standard InChI is InChI=1S/C25H29ClFN5O5S/c1-35-23-14-22-19(25(29-15-28-22)30-17-4-7-21(27)20(26)12-17)13-24(23)37-18-5-2-16(3-6-18)31-38(33,34)32-8-10-36-11-9-32/h4,7,12-16,18,31H,2-3,5-6,8-11H2,1H3,(H,28,29,30)/t16-,18+. The summed E-state index contributed by atoms with van der Waals surface area (Å²) in [6, 6.07) is 7.78. The topological polar surface area (TPSA) is 115 Å². The van der Waals surface area contributed by atoms with Gasteiger partial charge in [0.05, 0.1) is 37.0 Å². The fourth-order valence-corrected chi connectivity index (χ4v) is 6.29. The first kappa shape index (κ1) is 26.8. The summed E-state index contributed by atoms with van der Waals surface area (Å²) in [7, 11) is -1.98. The Morgan fingerprint density at radius 1 is 1.08 bits per heavy atom. The van der Waals surface area contributed by atoms with Crippen molar-refractivity contribution in [2.75, 3.05) is 38.7 Å². The maximum absolute atomic E-state index is 13.6. The van der Waals surface area contributed by atoms with E-state index in [9.17, 15) is 12.8 Å². The van der Waals surface area contributed by atoms with Crippen molar-refractivity contribution in [1.29, 1.82) is 0 Å². The van der Waals surface area contributed by atoms with Gasteiger partial charge >= 0.3 is 0 Å². The molecule has 2 N–H and O–H groups in total. The molecule has 5 rings (SSSR count). The smallest absolute Gasteiger partial charge is 0.279 e. The molecule has 3 aromatic rings. The van der Waals surface area contributed by atoms with Crippen molar-refractivity contribution in [3.8, 4) is 11.5 Å². The van der Waals surface area contributed by atoms with Crippen LogP contribution in [0, 0.1) is 5.82 Å². The first-order valence-electron chi connectivity index (χ1n) is 12.4. The number of morpholine rings is 1. The molecule has 204 valence electrons. The molecule has 13 heteroatoms. The zero-order valence-electron chi connectivity index (χ0n) is 20.8. The van der Waals surface area contributed by atoms with E-state index < -0.39 is 16.0 Å². The van der Waals surface area contributed by atoms with Crippen molar-refractivity contribution in [3.63, 3.8) is 0 Å². The van der Waals surface area contributed by atoms with Gasteiger partial charge in [0, 0.05) is 36.3 Å². The normalized spacial score (nSPS) is 20.8. The molecule has 2 fully saturated rings. The first-order valence-corrected chi connectivity index (χ1v) is 14.2. The number of anilines is 2. The number of ether oxygens (including phenoxy) is 3. The number of benzene rings is 2. The fourth-order valence-electron chi connectivity index (χ4n) is 4.68. The van der Waals surface area contributed by atoms with Crippen LogP contribution >= 0.6 is 11.6 Å². The van der Waals surface area contributed by atoms with Crippen molar-refractivity contribution in [2.45, 2.75) is 37.8 Å². The SMILES string of the molecule is COc1cc2ncnc(Nc3ccc(F)c(Cl)c3)c2cc1O[C@H]1CC[C@@H](NS(=O)(=O)N2CCOCC2)CC1. The fraction of sp³-hybridized carbons (Fsp3) is 0.440. The zero-order chi connectivity index (χ0) is 26.7. The van der Waals surface area contributed by atoms with Gasteiger partial charge in [-0.3, -0.25) is 0 Å². The summed E-state index contributed by atoms with van der Waals surface area (Å²) in [6.45, 7) is 1.55. The molecule has 2 heterocycles. The number of hydrogen-bond acceptors (Lipinski definition) is 8. The Bertz CT molecular complexity index is 1400. The van der Waals surface area contributed by atoms with E-state index in [2.05, 4.69) is 20.0 Å². The van der Waals surface area contributed by atoms with Crippen LogP contribution in [-0.4, -0.2) is 68.2 Å². The highest BCUT2D eigenvalue weighted by molar-refractivity contribution is 7.87. The monoisotopic (exact) mass is 565 g/mol. The lowest BCUT2D eigenvalue weighted by atomic mass is 9.93. The van der Waals surface area contributed by atoms with Crippen molar-refractivity contribution >= 4 is 44.2 Å². The number of hydrogen-bond donors (Lipinski definition) is 2. The molecule has 2 aliphatic rings. The first-order chi connectivity index (χ1) is 18.3. The van der Waals surface area contributed by atoms with E-state index in [4.69, 9.17) is 25.8 Å². The third kappa shape index (κ3) is 6.10. The highest BCUT2D eigenvalue weighted by Crippen LogP contribution is 2.37. The van der Waals surface area contributed by atoms with Crippen molar-refractivity contribution in [2.24, 2.45) is 0 Å². The van der Waals surface area contributed by atoms with Gasteiger partial charge in [0.25, 0.3) is 10.2 Å². The van der Waals surface area contributed by atoms with E-state index in [1.165, 1.54) is 22.8 Å². The van der Waals surface area contributed by atoms with E-state index >= 15 is 0 Å². The van der Waals surface area contributed by atoms with Crippen LogP contribution in [0.4, 0.5) is 15.9 Å². The second-order valence-corrected chi connectivity index (χ2v) is 11.3. The quantitative estimate of drug-likeness (QED) is 0.421. The van der Waals surface area contributed by atoms with Gasteiger partial charge in [0.15, 0.2) is 11.5 Å². The summed E-state index contributed by atoms with van der Waals surface area (Å²) in [5, 5.41) is 3.85. The predicted octanol–water partition coefficient (Wildman–Crippen LogP) is 4.03. The van der Waals surface area contributed by atoms with E-state index in [1.807, 2.05) is 6.07 Å². The van der Waals surface area contributed by atoms with Crippen LogP contribution in [-0.2, 0) is 14.9 Å². The lowest BCUT2D eigenvalue weighted by Crippen LogP contribution is -2.50. The van der Waals surface area contributed by atoms with Gasteiger partial charge in [-0.2, -0.15) is 17.4 Å². The third-order valence-electron chi connectivity index (χ3n) is 6.70. The maximum atomic E-state index is 13.6. The lowest BCUT2D eigenvalue weighted by Gasteiger charge is -2.32. The van der Waals surface area contributed by atoms with Crippen molar-refractivity contribution < 1.29 is 27.0 Å². The molecule has 1 aliphatic heterocycles. The molecule has 38 heavy (non-hydrogen) atoms. The van der Waals surface area contributed by atoms with E-state index in [0.717, 1.165) is 0 Å². The number of nitrogens with zero attached hydrogens (tertiary/aromatic N) is 3. The summed E-state index contributed by atoms with van der Waals surface area (Å²) >= 11 is 5.93. The Balaban J connectivity index is 1.28. The molecule has 2 aromatic carbocycles. The van der Waals surface area contributed by atoms with Crippen LogP contribution in [0.15, 0.2) is 36.7 Å². The zero-order valence-corrected chi connectivity index (χ0v) is 22.4. The largest absolute Gasteiger partial charge is 0.493 e. The molecule has 10 nitrogen and oxygen atoms in total. The van der Waals surface area contributed by atoms with Crippen LogP contribution in [0.3, 0.4) is 0 Å². The molecule has 1 aromatic heterocycles. The summed E-state index contributed by atoms with van der Waals surface area (Å²) in [4.78, 5) is 8.69. The highest BCUT2D eigenvalue weighted by atomic mass is 35.5. The van der Waals surface area contributed by atoms with Crippen LogP contribution in [0.2, 0.25) is 5.02 Å². The maximum Gasteiger partial charge on any atom is 0.279 e. The van der Waals surface area contributed by atoms with Gasteiger partial charge in [-0.15, -0.1) is 0 Å². The number of halogens is 2. The summed E-state index contributed by atoms with van der Waals surface area (Å²) < 4.78 is 60.4. The van der Waals surface area contributed by atoms with Gasteiger partial charge < -0.3 is 19.5 Å². The highest BCUT2D eigenvalue weighted by Gasteiger charge is 2.30. The molecule has 0 amide bonds. The molecule has 0 atom stereocenters. The average molecular weight is 566 g/mol. The van der Waals surface area contributed by atoms with Crippen molar-refractivity contribution in [1.82, 2.24) is 19.0 Å². The number of fused-ring (bicyclic) bond motifs is 1. The van der Waals surface area contributed by atoms with E-state index in [0.29, 0.717) is 85.9 Å². The summed E-state index contributed by atoms with van der Waals surface area (Å²) in [6.07, 6.45) is 4.00. The van der Waals surface area contributed by atoms with Gasteiger partial charge in [0.2, 0.25) is 0 Å². The number of rotatable bonds is 8. The number of methoxy groups -OCH3 is 1. The number of aromatic nitrogens is 2. The Kier molecular flexibility index (Phi) is 8.15. The number of nitrogens with one attached hydrogen (secondary N) is 2. The Labute approximate surface area is 225 Å². The average Bonchev–Trinajstić information content (AvgIpc) is 2.92. The Morgan fingerprint density at radius 3 is 2.55 bits per heavy atom. The molecular formula is C25H29ClFN5O5S. The molecule has 1 aliphatic carbocycles. The second-order valence-electron chi connectivity index (χ2n) is 9.22. The van der Waals surface area contributed by atoms with Crippen LogP contribution in [0.1, 0.15) is 25.7 Å². The predicted molar refractivity (Wildman–Crippen MR) is 142 cm³/mol. The van der Waals surface area contributed by atoms with Gasteiger partial charge in [-0.25, -0.2) is 14.4 Å². The Hall–Kier alpha value is -2.77. The van der Waals surface area contributed by atoms with Gasteiger partial charge in [0.1, 0.15) is 18.0 Å². The van der Waals surface area contributed by atoms with Crippen LogP contribution in [0.5, 0.6) is 11.5 Å². The molecule has 1 saturated heterocycles. The van der Waals surface area contributed by atoms with Crippen molar-refractivity contribution in [3.05, 3.63) is 47.5 Å². The van der Waals surface area contributed by atoms with Gasteiger partial charge in [-0.1, -0.05) is 11.6 Å². The minimum atomic E-state index is -3.54. The molecule has 0 radical (unpaired) electrons. The lowest BCUT2D eigenvalue weighted by molar-refractivity contribution is 0.0719. The third-order valence-corrected chi connectivity index (χ3v) is 8.66.